The molecule has 2 aromatic carbocycles. The van der Waals surface area contributed by atoms with Crippen molar-refractivity contribution in [2.75, 3.05) is 0 Å². The number of rotatable bonds is 4. The smallest absolute Gasteiger partial charge is 0.275 e. The standard InChI is InChI=1S/C20H16BrClN3O2/c1-11(2)26-18-7-4-13(8-12(18)3)19-23-20(24-27-19)25-10-16(22)15-9-14(21)5-6-17(15)25/h4-11H,3H2,1-2H3. The van der Waals surface area contributed by atoms with Crippen LogP contribution in [0.15, 0.2) is 51.6 Å². The molecule has 0 spiro atoms. The molecule has 4 rings (SSSR count). The molecular formula is C20H16BrClN3O2. The minimum atomic E-state index is 0.0816. The Labute approximate surface area is 170 Å². The van der Waals surface area contributed by atoms with Crippen LogP contribution in [0, 0.1) is 6.92 Å². The highest BCUT2D eigenvalue weighted by Crippen LogP contribution is 2.31. The van der Waals surface area contributed by atoms with Crippen molar-refractivity contribution in [1.82, 2.24) is 14.7 Å². The van der Waals surface area contributed by atoms with Gasteiger partial charge in [0, 0.05) is 21.6 Å². The highest BCUT2D eigenvalue weighted by Gasteiger charge is 2.16. The summed E-state index contributed by atoms with van der Waals surface area (Å²) in [6.07, 6.45) is 1.86. The summed E-state index contributed by atoms with van der Waals surface area (Å²) in [6.45, 7) is 7.99. The maximum atomic E-state index is 6.35. The van der Waals surface area contributed by atoms with E-state index in [0.717, 1.165) is 32.3 Å². The van der Waals surface area contributed by atoms with Gasteiger partial charge in [0.15, 0.2) is 0 Å². The number of nitrogens with zero attached hydrogens (tertiary/aromatic N) is 3. The highest BCUT2D eigenvalue weighted by atomic mass is 79.9. The molecule has 7 heteroatoms. The van der Waals surface area contributed by atoms with Crippen LogP contribution in [0.4, 0.5) is 0 Å². The lowest BCUT2D eigenvalue weighted by molar-refractivity contribution is 0.241. The fourth-order valence-electron chi connectivity index (χ4n) is 2.84. The van der Waals surface area contributed by atoms with Gasteiger partial charge in [0.05, 0.1) is 16.6 Å². The molecule has 0 aliphatic rings. The van der Waals surface area contributed by atoms with Gasteiger partial charge in [-0.3, -0.25) is 4.57 Å². The maximum absolute atomic E-state index is 6.35. The molecule has 137 valence electrons. The molecule has 5 nitrogen and oxygen atoms in total. The third kappa shape index (κ3) is 3.47. The van der Waals surface area contributed by atoms with E-state index in [0.29, 0.717) is 16.9 Å². The molecule has 0 aliphatic heterocycles. The van der Waals surface area contributed by atoms with Gasteiger partial charge in [-0.1, -0.05) is 27.5 Å². The molecule has 0 N–H and O–H groups in total. The van der Waals surface area contributed by atoms with Crippen LogP contribution >= 0.6 is 27.5 Å². The van der Waals surface area contributed by atoms with Crippen LogP contribution in [-0.4, -0.2) is 20.8 Å². The number of fused-ring (bicyclic) bond motifs is 1. The third-order valence-corrected chi connectivity index (χ3v) is 4.81. The molecule has 27 heavy (non-hydrogen) atoms. The van der Waals surface area contributed by atoms with Crippen LogP contribution in [-0.2, 0) is 0 Å². The first-order valence-corrected chi connectivity index (χ1v) is 9.52. The van der Waals surface area contributed by atoms with E-state index in [1.165, 1.54) is 0 Å². The Hall–Kier alpha value is -2.31. The number of hydrogen-bond acceptors (Lipinski definition) is 4. The van der Waals surface area contributed by atoms with Crippen LogP contribution < -0.4 is 4.74 Å². The second-order valence-corrected chi connectivity index (χ2v) is 7.72. The zero-order chi connectivity index (χ0) is 19.1. The molecular weight excluding hydrogens is 430 g/mol. The molecule has 0 aliphatic carbocycles. The fourth-order valence-corrected chi connectivity index (χ4v) is 3.45. The van der Waals surface area contributed by atoms with Gasteiger partial charge in [-0.25, -0.2) is 0 Å². The quantitative estimate of drug-likeness (QED) is 0.383. The maximum Gasteiger partial charge on any atom is 0.275 e. The normalized spacial score (nSPS) is 11.5. The molecule has 0 fully saturated rings. The Morgan fingerprint density at radius 1 is 1.22 bits per heavy atom. The summed E-state index contributed by atoms with van der Waals surface area (Å²) in [6, 6.07) is 11.5. The Morgan fingerprint density at radius 2 is 2.04 bits per heavy atom. The van der Waals surface area contributed by atoms with Crippen molar-refractivity contribution in [3.63, 3.8) is 0 Å². The van der Waals surface area contributed by atoms with Gasteiger partial charge >= 0.3 is 0 Å². The summed E-state index contributed by atoms with van der Waals surface area (Å²) in [5, 5.41) is 5.63. The molecule has 0 unspecified atom stereocenters. The second-order valence-electron chi connectivity index (χ2n) is 6.40. The predicted molar refractivity (Wildman–Crippen MR) is 110 cm³/mol. The van der Waals surface area contributed by atoms with E-state index in [1.807, 2.05) is 50.2 Å². The van der Waals surface area contributed by atoms with Crippen LogP contribution in [0.25, 0.3) is 28.3 Å². The van der Waals surface area contributed by atoms with Gasteiger partial charge in [0.25, 0.3) is 11.8 Å². The van der Waals surface area contributed by atoms with Crippen molar-refractivity contribution in [1.29, 1.82) is 0 Å². The number of aromatic nitrogens is 3. The van der Waals surface area contributed by atoms with E-state index in [4.69, 9.17) is 20.9 Å². The van der Waals surface area contributed by atoms with Crippen LogP contribution in [0.2, 0.25) is 5.02 Å². The first-order chi connectivity index (χ1) is 12.9. The molecule has 0 atom stereocenters. The Bertz CT molecular complexity index is 1130. The summed E-state index contributed by atoms with van der Waals surface area (Å²) in [4.78, 5) is 4.51. The Morgan fingerprint density at radius 3 is 2.78 bits per heavy atom. The van der Waals surface area contributed by atoms with E-state index in [1.54, 1.807) is 10.8 Å². The van der Waals surface area contributed by atoms with Crippen molar-refractivity contribution in [3.8, 4) is 23.2 Å². The van der Waals surface area contributed by atoms with Crippen molar-refractivity contribution in [2.45, 2.75) is 20.0 Å². The number of halogens is 2. The Balaban J connectivity index is 1.71. The predicted octanol–water partition coefficient (Wildman–Crippen LogP) is 6.07. The molecule has 1 radical (unpaired) electrons. The summed E-state index contributed by atoms with van der Waals surface area (Å²) in [7, 11) is 0. The van der Waals surface area contributed by atoms with Crippen molar-refractivity contribution in [2.24, 2.45) is 0 Å². The van der Waals surface area contributed by atoms with Crippen molar-refractivity contribution < 1.29 is 9.26 Å². The van der Waals surface area contributed by atoms with E-state index < -0.39 is 0 Å². The van der Waals surface area contributed by atoms with E-state index in [-0.39, 0.29) is 6.10 Å². The van der Waals surface area contributed by atoms with Gasteiger partial charge in [-0.15, -0.1) is 0 Å². The van der Waals surface area contributed by atoms with Gasteiger partial charge < -0.3 is 9.26 Å². The number of hydrogen-bond donors (Lipinski definition) is 0. The van der Waals surface area contributed by atoms with Gasteiger partial charge in [0.1, 0.15) is 5.75 Å². The molecule has 2 aromatic heterocycles. The molecule has 0 saturated carbocycles. The zero-order valence-electron chi connectivity index (χ0n) is 14.7. The SMILES string of the molecule is [CH2]c1cc(-c2nc(-n3cc(Cl)c4cc(Br)ccc43)no2)ccc1OC(C)C. The number of benzene rings is 2. The lowest BCUT2D eigenvalue weighted by Gasteiger charge is -2.12. The monoisotopic (exact) mass is 444 g/mol. The Kier molecular flexibility index (Phi) is 4.70. The number of ether oxygens (including phenoxy) is 1. The third-order valence-electron chi connectivity index (χ3n) is 4.02. The summed E-state index contributed by atoms with van der Waals surface area (Å²) in [5.41, 5.74) is 2.44. The minimum absolute atomic E-state index is 0.0816. The van der Waals surface area contributed by atoms with Gasteiger partial charge in [0.2, 0.25) is 0 Å². The fraction of sp³-hybridized carbons (Fsp3) is 0.150. The first kappa shape index (κ1) is 18.1. The van der Waals surface area contributed by atoms with Crippen molar-refractivity contribution in [3.05, 3.63) is 64.6 Å². The minimum Gasteiger partial charge on any atom is -0.491 e. The van der Waals surface area contributed by atoms with Crippen molar-refractivity contribution >= 4 is 38.4 Å². The van der Waals surface area contributed by atoms with Gasteiger partial charge in [-0.2, -0.15) is 4.98 Å². The summed E-state index contributed by atoms with van der Waals surface area (Å²) < 4.78 is 13.9. The average molecular weight is 446 g/mol. The first-order valence-electron chi connectivity index (χ1n) is 8.35. The molecule has 0 amide bonds. The summed E-state index contributed by atoms with van der Waals surface area (Å²) in [5.74, 6) is 1.56. The van der Waals surface area contributed by atoms with E-state index in [9.17, 15) is 0 Å². The van der Waals surface area contributed by atoms with Crippen LogP contribution in [0.3, 0.4) is 0 Å². The van der Waals surface area contributed by atoms with Gasteiger partial charge in [-0.05, 0) is 67.9 Å². The van der Waals surface area contributed by atoms with Crippen LogP contribution in [0.1, 0.15) is 19.4 Å². The summed E-state index contributed by atoms with van der Waals surface area (Å²) >= 11 is 9.81. The lowest BCUT2D eigenvalue weighted by Crippen LogP contribution is -2.06. The molecule has 0 saturated heterocycles. The molecule has 2 heterocycles. The van der Waals surface area contributed by atoms with Crippen LogP contribution in [0.5, 0.6) is 5.75 Å². The van der Waals surface area contributed by atoms with E-state index >= 15 is 0 Å². The van der Waals surface area contributed by atoms with E-state index in [2.05, 4.69) is 33.0 Å². The largest absolute Gasteiger partial charge is 0.491 e. The molecule has 0 bridgehead atoms. The lowest BCUT2D eigenvalue weighted by atomic mass is 10.1. The zero-order valence-corrected chi connectivity index (χ0v) is 17.1. The molecule has 4 aromatic rings. The second kappa shape index (κ2) is 7.02. The highest BCUT2D eigenvalue weighted by molar-refractivity contribution is 9.10. The average Bonchev–Trinajstić information content (AvgIpc) is 3.22. The topological polar surface area (TPSA) is 53.1 Å².